The standard InChI is InChI=1S/C16H28O4S2/c17-21-11-6-12-22(18)16(21)15(13-7-2-1-3-8-13)20-14-9-4-5-10-19-14/h13-16H,1-12H2/t14?,15-,16?,21?,22?/m0/s1. The molecule has 0 N–H and O–H groups in total. The van der Waals surface area contributed by atoms with E-state index in [0.29, 0.717) is 17.4 Å². The molecule has 1 saturated carbocycles. The third-order valence-corrected chi connectivity index (χ3v) is 9.28. The van der Waals surface area contributed by atoms with Gasteiger partial charge < -0.3 is 9.47 Å². The van der Waals surface area contributed by atoms with Crippen LogP contribution in [0.2, 0.25) is 0 Å². The minimum Gasteiger partial charge on any atom is -0.353 e. The Morgan fingerprint density at radius 2 is 1.55 bits per heavy atom. The van der Waals surface area contributed by atoms with Gasteiger partial charge in [0.1, 0.15) is 4.58 Å². The summed E-state index contributed by atoms with van der Waals surface area (Å²) >= 11 is 0. The lowest BCUT2D eigenvalue weighted by Gasteiger charge is -2.38. The lowest BCUT2D eigenvalue weighted by Crippen LogP contribution is -2.48. The Bertz CT molecular complexity index is 387. The van der Waals surface area contributed by atoms with Crippen molar-refractivity contribution in [2.75, 3.05) is 18.1 Å². The van der Waals surface area contributed by atoms with Crippen LogP contribution in [0.15, 0.2) is 0 Å². The van der Waals surface area contributed by atoms with Crippen LogP contribution in [-0.2, 0) is 31.1 Å². The third kappa shape index (κ3) is 4.19. The van der Waals surface area contributed by atoms with Crippen molar-refractivity contribution in [1.82, 2.24) is 0 Å². The van der Waals surface area contributed by atoms with E-state index in [-0.39, 0.29) is 17.0 Å². The third-order valence-electron chi connectivity index (χ3n) is 5.04. The first-order chi connectivity index (χ1) is 10.8. The molecule has 2 heterocycles. The van der Waals surface area contributed by atoms with Crippen molar-refractivity contribution in [3.8, 4) is 0 Å². The highest BCUT2D eigenvalue weighted by atomic mass is 32.2. The van der Waals surface area contributed by atoms with Gasteiger partial charge in [0.2, 0.25) is 0 Å². The minimum atomic E-state index is -1.02. The highest BCUT2D eigenvalue weighted by Crippen LogP contribution is 2.35. The van der Waals surface area contributed by atoms with Crippen molar-refractivity contribution in [1.29, 1.82) is 0 Å². The lowest BCUT2D eigenvalue weighted by molar-refractivity contribution is -0.196. The molecule has 0 aromatic heterocycles. The first kappa shape index (κ1) is 17.1. The summed E-state index contributed by atoms with van der Waals surface area (Å²) in [5, 5.41) is 0. The van der Waals surface area contributed by atoms with E-state index in [2.05, 4.69) is 0 Å². The molecule has 1 aliphatic carbocycles. The van der Waals surface area contributed by atoms with E-state index in [1.807, 2.05) is 0 Å². The maximum absolute atomic E-state index is 12.5. The van der Waals surface area contributed by atoms with Gasteiger partial charge in [0.05, 0.1) is 6.10 Å². The molecule has 0 bridgehead atoms. The van der Waals surface area contributed by atoms with Crippen LogP contribution in [0.1, 0.15) is 57.8 Å². The molecule has 3 fully saturated rings. The van der Waals surface area contributed by atoms with Gasteiger partial charge in [-0.3, -0.25) is 8.42 Å². The largest absolute Gasteiger partial charge is 0.353 e. The summed E-state index contributed by atoms with van der Waals surface area (Å²) in [5.41, 5.74) is 0. The van der Waals surface area contributed by atoms with Crippen molar-refractivity contribution in [3.63, 3.8) is 0 Å². The molecule has 2 aliphatic heterocycles. The molecular weight excluding hydrogens is 320 g/mol. The zero-order valence-electron chi connectivity index (χ0n) is 13.2. The summed E-state index contributed by atoms with van der Waals surface area (Å²) in [4.78, 5) is 0. The Labute approximate surface area is 138 Å². The fraction of sp³-hybridized carbons (Fsp3) is 1.00. The van der Waals surface area contributed by atoms with Crippen molar-refractivity contribution < 1.29 is 17.9 Å². The molecule has 3 rings (SSSR count). The average molecular weight is 349 g/mol. The molecule has 4 nitrogen and oxygen atoms in total. The predicted molar refractivity (Wildman–Crippen MR) is 89.5 cm³/mol. The monoisotopic (exact) mass is 348 g/mol. The zero-order chi connectivity index (χ0) is 15.4. The summed E-state index contributed by atoms with van der Waals surface area (Å²) in [6.45, 7) is 0.749. The summed E-state index contributed by atoms with van der Waals surface area (Å²) in [7, 11) is -2.05. The molecule has 3 unspecified atom stereocenters. The SMILES string of the molecule is O=S1CCCS(=O)C1[C@@H](OC1CCCCO1)C1CCCCC1. The molecule has 0 radical (unpaired) electrons. The van der Waals surface area contributed by atoms with Gasteiger partial charge in [-0.25, -0.2) is 0 Å². The van der Waals surface area contributed by atoms with E-state index in [1.54, 1.807) is 0 Å². The molecule has 22 heavy (non-hydrogen) atoms. The molecule has 0 aromatic carbocycles. The minimum absolute atomic E-state index is 0.148. The number of hydrogen-bond donors (Lipinski definition) is 0. The quantitative estimate of drug-likeness (QED) is 0.784. The van der Waals surface area contributed by atoms with E-state index in [1.165, 1.54) is 19.3 Å². The molecule has 3 aliphatic rings. The van der Waals surface area contributed by atoms with Crippen molar-refractivity contribution in [2.45, 2.75) is 74.8 Å². The van der Waals surface area contributed by atoms with Crippen LogP contribution in [0.4, 0.5) is 0 Å². The van der Waals surface area contributed by atoms with Crippen LogP contribution >= 0.6 is 0 Å². The normalized spacial score (nSPS) is 39.5. The predicted octanol–water partition coefficient (Wildman–Crippen LogP) is 2.71. The Morgan fingerprint density at radius 1 is 0.864 bits per heavy atom. The van der Waals surface area contributed by atoms with Crippen LogP contribution in [-0.4, -0.2) is 43.5 Å². The molecule has 0 aromatic rings. The van der Waals surface area contributed by atoms with E-state index in [4.69, 9.17) is 9.47 Å². The Hall–Kier alpha value is 0.220. The smallest absolute Gasteiger partial charge is 0.158 e. The van der Waals surface area contributed by atoms with Crippen molar-refractivity contribution in [3.05, 3.63) is 0 Å². The summed E-state index contributed by atoms with van der Waals surface area (Å²) in [6, 6.07) is 0. The van der Waals surface area contributed by atoms with Gasteiger partial charge in [-0.2, -0.15) is 0 Å². The molecule has 4 atom stereocenters. The first-order valence-electron chi connectivity index (χ1n) is 8.77. The van der Waals surface area contributed by atoms with Crippen molar-refractivity contribution >= 4 is 21.6 Å². The fourth-order valence-corrected chi connectivity index (χ4v) is 8.06. The molecule has 0 spiro atoms. The van der Waals surface area contributed by atoms with Gasteiger partial charge in [-0.1, -0.05) is 19.3 Å². The van der Waals surface area contributed by atoms with Crippen molar-refractivity contribution in [2.24, 2.45) is 5.92 Å². The zero-order valence-corrected chi connectivity index (χ0v) is 14.9. The second-order valence-corrected chi connectivity index (χ2v) is 10.3. The average Bonchev–Trinajstić information content (AvgIpc) is 2.55. The molecular formula is C16H28O4S2. The maximum Gasteiger partial charge on any atom is 0.158 e. The number of ether oxygens (including phenoxy) is 2. The molecule has 6 heteroatoms. The lowest BCUT2D eigenvalue weighted by atomic mass is 9.85. The molecule has 0 amide bonds. The summed E-state index contributed by atoms with van der Waals surface area (Å²) in [6.07, 6.45) is 9.53. The molecule has 128 valence electrons. The van der Waals surface area contributed by atoms with Crippen LogP contribution in [0.5, 0.6) is 0 Å². The van der Waals surface area contributed by atoms with Crippen LogP contribution < -0.4 is 0 Å². The second-order valence-electron chi connectivity index (χ2n) is 6.69. The second kappa shape index (κ2) is 8.36. The Morgan fingerprint density at radius 3 is 2.18 bits per heavy atom. The van der Waals surface area contributed by atoms with Crippen LogP contribution in [0.25, 0.3) is 0 Å². The van der Waals surface area contributed by atoms with Gasteiger partial charge in [0, 0.05) is 39.7 Å². The van der Waals surface area contributed by atoms with Gasteiger partial charge >= 0.3 is 0 Å². The van der Waals surface area contributed by atoms with Gasteiger partial charge in [-0.05, 0) is 44.4 Å². The van der Waals surface area contributed by atoms with Gasteiger partial charge in [0.15, 0.2) is 6.29 Å². The van der Waals surface area contributed by atoms with Crippen LogP contribution in [0, 0.1) is 5.92 Å². The highest BCUT2D eigenvalue weighted by molar-refractivity contribution is 8.03. The molecule has 2 saturated heterocycles. The fourth-order valence-electron chi connectivity index (χ4n) is 3.85. The Kier molecular flexibility index (Phi) is 6.48. The highest BCUT2D eigenvalue weighted by Gasteiger charge is 2.41. The number of rotatable bonds is 4. The van der Waals surface area contributed by atoms with Crippen LogP contribution in [0.3, 0.4) is 0 Å². The van der Waals surface area contributed by atoms with Gasteiger partial charge in [-0.15, -0.1) is 0 Å². The summed E-state index contributed by atoms with van der Waals surface area (Å²) < 4.78 is 36.8. The summed E-state index contributed by atoms with van der Waals surface area (Å²) in [5.74, 6) is 1.75. The van der Waals surface area contributed by atoms with E-state index in [9.17, 15) is 8.42 Å². The van der Waals surface area contributed by atoms with E-state index < -0.39 is 21.6 Å². The van der Waals surface area contributed by atoms with E-state index in [0.717, 1.165) is 45.1 Å². The van der Waals surface area contributed by atoms with E-state index >= 15 is 0 Å². The topological polar surface area (TPSA) is 52.6 Å². The Balaban J connectivity index is 1.74. The maximum atomic E-state index is 12.5. The number of hydrogen-bond acceptors (Lipinski definition) is 4. The first-order valence-corrected chi connectivity index (χ1v) is 11.5. The van der Waals surface area contributed by atoms with Gasteiger partial charge in [0.25, 0.3) is 0 Å².